The van der Waals surface area contributed by atoms with Gasteiger partial charge in [-0.1, -0.05) is 44.2 Å². The third-order valence-corrected chi connectivity index (χ3v) is 5.69. The Labute approximate surface area is 159 Å². The van der Waals surface area contributed by atoms with Crippen LogP contribution in [-0.4, -0.2) is 4.98 Å². The minimum atomic E-state index is -0.0202. The maximum absolute atomic E-state index is 4.35. The maximum atomic E-state index is 4.35. The SMILES string of the molecule is CC1(C)c2cnccc2-c2ccc(-c3cc[n+](-c4ccccc4)cc3)cc21. The average molecular weight is 349 g/mol. The van der Waals surface area contributed by atoms with Gasteiger partial charge in [0.15, 0.2) is 12.4 Å². The molecular weight excluding hydrogens is 328 g/mol. The van der Waals surface area contributed by atoms with Gasteiger partial charge < -0.3 is 0 Å². The van der Waals surface area contributed by atoms with E-state index in [1.54, 1.807) is 0 Å². The lowest BCUT2D eigenvalue weighted by molar-refractivity contribution is -0.595. The van der Waals surface area contributed by atoms with Gasteiger partial charge in [0.2, 0.25) is 5.69 Å². The van der Waals surface area contributed by atoms with E-state index in [1.807, 2.05) is 18.5 Å². The maximum Gasteiger partial charge on any atom is 0.210 e. The Balaban J connectivity index is 1.56. The fourth-order valence-electron chi connectivity index (χ4n) is 4.14. The van der Waals surface area contributed by atoms with Crippen molar-refractivity contribution in [3.05, 3.63) is 103 Å². The molecule has 0 radical (unpaired) electrons. The summed E-state index contributed by atoms with van der Waals surface area (Å²) < 4.78 is 2.14. The summed E-state index contributed by atoms with van der Waals surface area (Å²) in [5, 5.41) is 0. The number of nitrogens with zero attached hydrogens (tertiary/aromatic N) is 2. The van der Waals surface area contributed by atoms with Crippen LogP contribution in [0.2, 0.25) is 0 Å². The number of rotatable bonds is 2. The molecule has 130 valence electrons. The summed E-state index contributed by atoms with van der Waals surface area (Å²) in [6.45, 7) is 4.58. The summed E-state index contributed by atoms with van der Waals surface area (Å²) in [5.74, 6) is 0. The van der Waals surface area contributed by atoms with Gasteiger partial charge in [-0.05, 0) is 45.5 Å². The van der Waals surface area contributed by atoms with E-state index in [2.05, 4.69) is 96.5 Å². The lowest BCUT2D eigenvalue weighted by atomic mass is 9.82. The van der Waals surface area contributed by atoms with Crippen molar-refractivity contribution in [2.75, 3.05) is 0 Å². The van der Waals surface area contributed by atoms with E-state index in [-0.39, 0.29) is 5.41 Å². The Bertz CT molecular complexity index is 1130. The minimum absolute atomic E-state index is 0.0202. The molecule has 0 atom stereocenters. The van der Waals surface area contributed by atoms with Gasteiger partial charge in [-0.15, -0.1) is 0 Å². The van der Waals surface area contributed by atoms with Crippen LogP contribution in [-0.2, 0) is 5.41 Å². The first kappa shape index (κ1) is 16.0. The smallest absolute Gasteiger partial charge is 0.210 e. The number of pyridine rings is 2. The predicted octanol–water partition coefficient (Wildman–Crippen LogP) is 5.33. The monoisotopic (exact) mass is 349 g/mol. The molecule has 2 aromatic carbocycles. The highest BCUT2D eigenvalue weighted by Crippen LogP contribution is 2.49. The zero-order valence-corrected chi connectivity index (χ0v) is 15.6. The van der Waals surface area contributed by atoms with Gasteiger partial charge >= 0.3 is 0 Å². The van der Waals surface area contributed by atoms with Crippen molar-refractivity contribution in [3.63, 3.8) is 0 Å². The van der Waals surface area contributed by atoms with Crippen LogP contribution < -0.4 is 4.57 Å². The molecule has 4 aromatic rings. The van der Waals surface area contributed by atoms with Crippen LogP contribution in [0.15, 0.2) is 91.5 Å². The van der Waals surface area contributed by atoms with Gasteiger partial charge in [0.25, 0.3) is 0 Å². The van der Waals surface area contributed by atoms with Crippen molar-refractivity contribution in [2.24, 2.45) is 0 Å². The first-order chi connectivity index (χ1) is 13.1. The average Bonchev–Trinajstić information content (AvgIpc) is 2.96. The third-order valence-electron chi connectivity index (χ3n) is 5.69. The topological polar surface area (TPSA) is 16.8 Å². The lowest BCUT2D eigenvalue weighted by Gasteiger charge is -2.21. The summed E-state index contributed by atoms with van der Waals surface area (Å²) in [6, 6.07) is 23.7. The summed E-state index contributed by atoms with van der Waals surface area (Å²) in [6.07, 6.45) is 8.15. The van der Waals surface area contributed by atoms with E-state index in [0.717, 1.165) is 0 Å². The summed E-state index contributed by atoms with van der Waals surface area (Å²) >= 11 is 0. The van der Waals surface area contributed by atoms with E-state index in [9.17, 15) is 0 Å². The molecular formula is C25H21N2+. The first-order valence-corrected chi connectivity index (χ1v) is 9.31. The zero-order chi connectivity index (χ0) is 18.4. The molecule has 0 spiro atoms. The van der Waals surface area contributed by atoms with Crippen LogP contribution in [0.4, 0.5) is 0 Å². The number of hydrogen-bond acceptors (Lipinski definition) is 1. The van der Waals surface area contributed by atoms with Crippen LogP contribution in [0.1, 0.15) is 25.0 Å². The number of aromatic nitrogens is 2. The first-order valence-electron chi connectivity index (χ1n) is 9.31. The third kappa shape index (κ3) is 2.48. The quantitative estimate of drug-likeness (QED) is 0.447. The van der Waals surface area contributed by atoms with Crippen molar-refractivity contribution in [1.29, 1.82) is 0 Å². The van der Waals surface area contributed by atoms with E-state index >= 15 is 0 Å². The van der Waals surface area contributed by atoms with E-state index in [4.69, 9.17) is 0 Å². The molecule has 2 heteroatoms. The molecule has 2 aromatic heterocycles. The molecule has 0 fully saturated rings. The Morgan fingerprint density at radius 2 is 1.48 bits per heavy atom. The van der Waals surface area contributed by atoms with Crippen molar-refractivity contribution >= 4 is 0 Å². The molecule has 0 saturated carbocycles. The highest BCUT2D eigenvalue weighted by atomic mass is 14.9. The number of hydrogen-bond donors (Lipinski definition) is 0. The molecule has 0 unspecified atom stereocenters. The molecule has 2 heterocycles. The Kier molecular flexibility index (Phi) is 3.48. The van der Waals surface area contributed by atoms with Crippen LogP contribution in [0.25, 0.3) is 27.9 Å². The molecule has 27 heavy (non-hydrogen) atoms. The van der Waals surface area contributed by atoms with E-state index < -0.39 is 0 Å². The second-order valence-corrected chi connectivity index (χ2v) is 7.64. The number of para-hydroxylation sites is 1. The fourth-order valence-corrected chi connectivity index (χ4v) is 4.14. The highest BCUT2D eigenvalue weighted by Gasteiger charge is 2.35. The van der Waals surface area contributed by atoms with Gasteiger partial charge in [-0.2, -0.15) is 4.57 Å². The Morgan fingerprint density at radius 3 is 2.26 bits per heavy atom. The lowest BCUT2D eigenvalue weighted by Crippen LogP contribution is -2.28. The Hall–Kier alpha value is -3.26. The molecule has 1 aliphatic carbocycles. The highest BCUT2D eigenvalue weighted by molar-refractivity contribution is 5.83. The van der Waals surface area contributed by atoms with Crippen LogP contribution in [0.5, 0.6) is 0 Å². The molecule has 0 bridgehead atoms. The largest absolute Gasteiger partial charge is 0.264 e. The molecule has 1 aliphatic rings. The number of benzene rings is 2. The summed E-state index contributed by atoms with van der Waals surface area (Å²) in [7, 11) is 0. The van der Waals surface area contributed by atoms with Crippen LogP contribution in [0, 0.1) is 0 Å². The van der Waals surface area contributed by atoms with E-state index in [1.165, 1.54) is 39.1 Å². The second-order valence-electron chi connectivity index (χ2n) is 7.64. The molecule has 0 amide bonds. The van der Waals surface area contributed by atoms with Crippen molar-refractivity contribution in [2.45, 2.75) is 19.3 Å². The number of fused-ring (bicyclic) bond motifs is 3. The van der Waals surface area contributed by atoms with Crippen LogP contribution in [0.3, 0.4) is 0 Å². The fraction of sp³-hybridized carbons (Fsp3) is 0.120. The Morgan fingerprint density at radius 1 is 0.741 bits per heavy atom. The van der Waals surface area contributed by atoms with Gasteiger partial charge in [-0.25, -0.2) is 0 Å². The molecule has 0 saturated heterocycles. The zero-order valence-electron chi connectivity index (χ0n) is 15.6. The van der Waals surface area contributed by atoms with Gasteiger partial charge in [0, 0.05) is 42.1 Å². The summed E-state index contributed by atoms with van der Waals surface area (Å²) in [5.41, 5.74) is 8.96. The van der Waals surface area contributed by atoms with Crippen molar-refractivity contribution in [1.82, 2.24) is 4.98 Å². The van der Waals surface area contributed by atoms with E-state index in [0.29, 0.717) is 0 Å². The molecule has 2 nitrogen and oxygen atoms in total. The normalized spacial score (nSPS) is 13.9. The van der Waals surface area contributed by atoms with Crippen LogP contribution >= 0.6 is 0 Å². The van der Waals surface area contributed by atoms with Crippen molar-refractivity contribution in [3.8, 4) is 27.9 Å². The molecule has 0 aliphatic heterocycles. The summed E-state index contributed by atoms with van der Waals surface area (Å²) in [4.78, 5) is 4.35. The standard InChI is InChI=1S/C25H21N2/c1-25(2)23-16-19(8-9-21(23)22-10-13-26-17-24(22)25)18-11-14-27(15-12-18)20-6-4-3-5-7-20/h3-17H,1-2H3/q+1. The van der Waals surface area contributed by atoms with Crippen molar-refractivity contribution < 1.29 is 4.57 Å². The molecule has 0 N–H and O–H groups in total. The van der Waals surface area contributed by atoms with Gasteiger partial charge in [0.1, 0.15) is 0 Å². The molecule has 5 rings (SSSR count). The second kappa shape index (κ2) is 5.88. The van der Waals surface area contributed by atoms with Gasteiger partial charge in [-0.3, -0.25) is 4.98 Å². The minimum Gasteiger partial charge on any atom is -0.264 e. The van der Waals surface area contributed by atoms with Gasteiger partial charge in [0.05, 0.1) is 0 Å². The predicted molar refractivity (Wildman–Crippen MR) is 109 cm³/mol.